The number of nitrogens with zero attached hydrogens (tertiary/aromatic N) is 1. The summed E-state index contributed by atoms with van der Waals surface area (Å²) < 4.78 is 13.0. The van der Waals surface area contributed by atoms with E-state index >= 15 is 0 Å². The van der Waals surface area contributed by atoms with Crippen molar-refractivity contribution in [3.63, 3.8) is 0 Å². The Morgan fingerprint density at radius 2 is 2.31 bits per heavy atom. The Bertz CT molecular complexity index is 454. The summed E-state index contributed by atoms with van der Waals surface area (Å²) in [5.41, 5.74) is 1.98. The molecule has 1 aromatic heterocycles. The van der Waals surface area contributed by atoms with Crippen LogP contribution in [0.2, 0.25) is 0 Å². The lowest BCUT2D eigenvalue weighted by molar-refractivity contribution is 0.626. The normalized spacial score (nSPS) is 10.4. The predicted molar refractivity (Wildman–Crippen MR) is 65.2 cm³/mol. The minimum atomic E-state index is -0.184. The summed E-state index contributed by atoms with van der Waals surface area (Å²) in [5, 5.41) is 6.26. The van der Waals surface area contributed by atoms with Gasteiger partial charge < -0.3 is 5.32 Å². The van der Waals surface area contributed by atoms with Crippen molar-refractivity contribution in [3.8, 4) is 0 Å². The monoisotopic (exact) mass is 236 g/mol. The second-order valence-corrected chi connectivity index (χ2v) is 4.41. The van der Waals surface area contributed by atoms with Gasteiger partial charge in [-0.3, -0.25) is 0 Å². The first-order valence-corrected chi connectivity index (χ1v) is 6.08. The molecule has 0 spiro atoms. The van der Waals surface area contributed by atoms with Crippen molar-refractivity contribution < 1.29 is 4.39 Å². The van der Waals surface area contributed by atoms with Crippen LogP contribution in [0.25, 0.3) is 0 Å². The van der Waals surface area contributed by atoms with Gasteiger partial charge in [-0.1, -0.05) is 6.92 Å². The van der Waals surface area contributed by atoms with E-state index in [1.54, 1.807) is 29.7 Å². The molecule has 0 radical (unpaired) electrons. The van der Waals surface area contributed by atoms with Crippen molar-refractivity contribution in [2.24, 2.45) is 0 Å². The summed E-state index contributed by atoms with van der Waals surface area (Å²) in [6.45, 7) is 2.71. The zero-order valence-electron chi connectivity index (χ0n) is 9.03. The second-order valence-electron chi connectivity index (χ2n) is 3.43. The Morgan fingerprint density at radius 3 is 3.00 bits per heavy atom. The quantitative estimate of drug-likeness (QED) is 0.879. The van der Waals surface area contributed by atoms with E-state index in [2.05, 4.69) is 10.3 Å². The SMILES string of the molecule is CCc1cc(F)ccc1NCc1nccs1. The average Bonchev–Trinajstić information content (AvgIpc) is 2.80. The minimum absolute atomic E-state index is 0.184. The third kappa shape index (κ3) is 2.58. The van der Waals surface area contributed by atoms with Crippen LogP contribution in [0, 0.1) is 5.82 Å². The molecule has 0 unspecified atom stereocenters. The number of halogens is 1. The molecular formula is C12H13FN2S. The van der Waals surface area contributed by atoms with E-state index in [-0.39, 0.29) is 5.82 Å². The lowest BCUT2D eigenvalue weighted by Gasteiger charge is -2.09. The fourth-order valence-electron chi connectivity index (χ4n) is 1.54. The van der Waals surface area contributed by atoms with E-state index in [9.17, 15) is 4.39 Å². The number of aryl methyl sites for hydroxylation is 1. The molecule has 16 heavy (non-hydrogen) atoms. The van der Waals surface area contributed by atoms with Crippen molar-refractivity contribution in [1.29, 1.82) is 0 Å². The second kappa shape index (κ2) is 5.07. The highest BCUT2D eigenvalue weighted by Gasteiger charge is 2.03. The van der Waals surface area contributed by atoms with Gasteiger partial charge in [0.25, 0.3) is 0 Å². The first-order valence-electron chi connectivity index (χ1n) is 5.20. The number of thiazole rings is 1. The fourth-order valence-corrected chi connectivity index (χ4v) is 2.09. The van der Waals surface area contributed by atoms with Crippen LogP contribution in [0.5, 0.6) is 0 Å². The number of benzene rings is 1. The number of anilines is 1. The van der Waals surface area contributed by atoms with Crippen molar-refractivity contribution in [3.05, 3.63) is 46.2 Å². The Morgan fingerprint density at radius 1 is 1.44 bits per heavy atom. The van der Waals surface area contributed by atoms with Gasteiger partial charge in [0.1, 0.15) is 10.8 Å². The van der Waals surface area contributed by atoms with Crippen molar-refractivity contribution in [2.75, 3.05) is 5.32 Å². The number of hydrogen-bond donors (Lipinski definition) is 1. The van der Waals surface area contributed by atoms with Gasteiger partial charge in [-0.15, -0.1) is 11.3 Å². The molecule has 84 valence electrons. The minimum Gasteiger partial charge on any atom is -0.378 e. The zero-order valence-corrected chi connectivity index (χ0v) is 9.85. The lowest BCUT2D eigenvalue weighted by Crippen LogP contribution is -2.02. The van der Waals surface area contributed by atoms with Gasteiger partial charge in [0.05, 0.1) is 6.54 Å². The van der Waals surface area contributed by atoms with Crippen LogP contribution in [0.1, 0.15) is 17.5 Å². The van der Waals surface area contributed by atoms with Crippen LogP contribution in [-0.4, -0.2) is 4.98 Å². The summed E-state index contributed by atoms with van der Waals surface area (Å²) >= 11 is 1.61. The van der Waals surface area contributed by atoms with Gasteiger partial charge in [-0.2, -0.15) is 0 Å². The largest absolute Gasteiger partial charge is 0.378 e. The van der Waals surface area contributed by atoms with E-state index in [1.807, 2.05) is 12.3 Å². The smallest absolute Gasteiger partial charge is 0.123 e. The summed E-state index contributed by atoms with van der Waals surface area (Å²) in [4.78, 5) is 4.19. The molecule has 1 aromatic carbocycles. The van der Waals surface area contributed by atoms with E-state index in [0.717, 1.165) is 22.7 Å². The molecule has 0 aliphatic carbocycles. The maximum absolute atomic E-state index is 13.0. The zero-order chi connectivity index (χ0) is 11.4. The summed E-state index contributed by atoms with van der Waals surface area (Å²) in [6.07, 6.45) is 2.60. The third-order valence-electron chi connectivity index (χ3n) is 2.36. The highest BCUT2D eigenvalue weighted by molar-refractivity contribution is 7.09. The molecule has 2 nitrogen and oxygen atoms in total. The van der Waals surface area contributed by atoms with Crippen LogP contribution in [-0.2, 0) is 13.0 Å². The standard InChI is InChI=1S/C12H13FN2S/c1-2-9-7-10(13)3-4-11(9)15-8-12-14-5-6-16-12/h3-7,15H,2,8H2,1H3. The molecule has 0 saturated carbocycles. The van der Waals surface area contributed by atoms with Gasteiger partial charge in [0.15, 0.2) is 0 Å². The maximum Gasteiger partial charge on any atom is 0.123 e. The Labute approximate surface area is 98.2 Å². The van der Waals surface area contributed by atoms with E-state index in [1.165, 1.54) is 6.07 Å². The Balaban J connectivity index is 2.09. The van der Waals surface area contributed by atoms with Gasteiger partial charge in [-0.05, 0) is 30.2 Å². The molecule has 0 fully saturated rings. The fraction of sp³-hybridized carbons (Fsp3) is 0.250. The van der Waals surface area contributed by atoms with E-state index in [4.69, 9.17) is 0 Å². The summed E-state index contributed by atoms with van der Waals surface area (Å²) in [7, 11) is 0. The highest BCUT2D eigenvalue weighted by atomic mass is 32.1. The van der Waals surface area contributed by atoms with Crippen LogP contribution in [0.3, 0.4) is 0 Å². The molecule has 0 aliphatic rings. The van der Waals surface area contributed by atoms with Crippen molar-refractivity contribution in [2.45, 2.75) is 19.9 Å². The molecule has 1 heterocycles. The number of aromatic nitrogens is 1. The molecule has 0 saturated heterocycles. The first-order chi connectivity index (χ1) is 7.79. The molecule has 2 aromatic rings. The molecule has 0 bridgehead atoms. The predicted octanol–water partition coefficient (Wildman–Crippen LogP) is 3.46. The molecule has 0 atom stereocenters. The van der Waals surface area contributed by atoms with Gasteiger partial charge in [-0.25, -0.2) is 9.37 Å². The van der Waals surface area contributed by atoms with Crippen molar-refractivity contribution in [1.82, 2.24) is 4.98 Å². The Kier molecular flexibility index (Phi) is 3.51. The van der Waals surface area contributed by atoms with Crippen LogP contribution >= 0.6 is 11.3 Å². The Hall–Kier alpha value is -1.42. The molecular weight excluding hydrogens is 223 g/mol. The summed E-state index contributed by atoms with van der Waals surface area (Å²) in [5.74, 6) is -0.184. The highest BCUT2D eigenvalue weighted by Crippen LogP contribution is 2.18. The first kappa shape index (κ1) is 11.1. The third-order valence-corrected chi connectivity index (χ3v) is 3.14. The van der Waals surface area contributed by atoms with Crippen LogP contribution in [0.4, 0.5) is 10.1 Å². The topological polar surface area (TPSA) is 24.9 Å². The molecule has 4 heteroatoms. The number of nitrogens with one attached hydrogen (secondary N) is 1. The maximum atomic E-state index is 13.0. The number of hydrogen-bond acceptors (Lipinski definition) is 3. The number of rotatable bonds is 4. The van der Waals surface area contributed by atoms with Gasteiger partial charge in [0.2, 0.25) is 0 Å². The average molecular weight is 236 g/mol. The van der Waals surface area contributed by atoms with E-state index < -0.39 is 0 Å². The van der Waals surface area contributed by atoms with Gasteiger partial charge >= 0.3 is 0 Å². The molecule has 0 amide bonds. The molecule has 2 rings (SSSR count). The van der Waals surface area contributed by atoms with E-state index in [0.29, 0.717) is 6.54 Å². The molecule has 1 N–H and O–H groups in total. The lowest BCUT2D eigenvalue weighted by atomic mass is 10.1. The van der Waals surface area contributed by atoms with Crippen molar-refractivity contribution >= 4 is 17.0 Å². The molecule has 0 aliphatic heterocycles. The van der Waals surface area contributed by atoms with Crippen LogP contribution < -0.4 is 5.32 Å². The van der Waals surface area contributed by atoms with Crippen LogP contribution in [0.15, 0.2) is 29.8 Å². The summed E-state index contributed by atoms with van der Waals surface area (Å²) in [6, 6.07) is 4.83. The van der Waals surface area contributed by atoms with Gasteiger partial charge in [0, 0.05) is 17.3 Å².